The maximum atomic E-state index is 13.3. The number of nitrogens with zero attached hydrogens (tertiary/aromatic N) is 4. The van der Waals surface area contributed by atoms with Crippen molar-refractivity contribution in [3.8, 4) is 0 Å². The second kappa shape index (κ2) is 17.6. The average molecular weight is 753 g/mol. The third-order valence-corrected chi connectivity index (χ3v) is 13.4. The Morgan fingerprint density at radius 2 is 1.07 bits per heavy atom. The molecule has 10 heteroatoms. The summed E-state index contributed by atoms with van der Waals surface area (Å²) >= 11 is 0. The van der Waals surface area contributed by atoms with E-state index in [-0.39, 0.29) is 28.6 Å². The molecular formula is C45H64N6O4. The molecule has 2 N–H and O–H groups in total. The second-order valence-corrected chi connectivity index (χ2v) is 17.2. The average Bonchev–Trinajstić information content (AvgIpc) is 4.15. The van der Waals surface area contributed by atoms with Gasteiger partial charge in [-0.1, -0.05) is 37.6 Å². The first-order valence-corrected chi connectivity index (χ1v) is 21.5. The number of hydrogen-bond acceptors (Lipinski definition) is 6. The molecule has 0 unspecified atom stereocenters. The predicted octanol–water partition coefficient (Wildman–Crippen LogP) is 6.21. The number of likely N-dealkylation sites (N-methyl/N-ethyl adjacent to an activating group) is 1. The van der Waals surface area contributed by atoms with Crippen molar-refractivity contribution in [2.45, 2.75) is 109 Å². The zero-order valence-corrected chi connectivity index (χ0v) is 33.5. The molecule has 2 aromatic carbocycles. The van der Waals surface area contributed by atoms with Crippen molar-refractivity contribution < 1.29 is 19.2 Å². The summed E-state index contributed by atoms with van der Waals surface area (Å²) in [6.45, 7) is 11.9. The Morgan fingerprint density at radius 1 is 0.618 bits per heavy atom. The largest absolute Gasteiger partial charge is 0.356 e. The first kappa shape index (κ1) is 39.5. The Morgan fingerprint density at radius 3 is 1.51 bits per heavy atom. The second-order valence-electron chi connectivity index (χ2n) is 17.2. The molecular weight excluding hydrogens is 689 g/mol. The number of carbonyl (C=O) groups is 4. The molecule has 2 spiro atoms. The molecule has 6 aliphatic rings. The molecule has 0 atom stereocenters. The smallest absolute Gasteiger partial charge is 0.234 e. The summed E-state index contributed by atoms with van der Waals surface area (Å²) in [6.07, 6.45) is 13.4. The summed E-state index contributed by atoms with van der Waals surface area (Å²) in [6, 6.07) is 17.3. The molecule has 4 saturated heterocycles. The molecule has 6 fully saturated rings. The topological polar surface area (TPSA) is 105 Å². The van der Waals surface area contributed by atoms with E-state index >= 15 is 0 Å². The van der Waals surface area contributed by atoms with Gasteiger partial charge in [-0.25, -0.2) is 0 Å². The summed E-state index contributed by atoms with van der Waals surface area (Å²) in [5.41, 5.74) is 4.53. The minimum atomic E-state index is -0.215. The van der Waals surface area contributed by atoms with Gasteiger partial charge in [-0.05, 0) is 151 Å². The first-order chi connectivity index (χ1) is 26.7. The van der Waals surface area contributed by atoms with Crippen LogP contribution in [0.5, 0.6) is 0 Å². The van der Waals surface area contributed by atoms with Crippen LogP contribution in [0.15, 0.2) is 48.5 Å². The third kappa shape index (κ3) is 9.45. The van der Waals surface area contributed by atoms with Gasteiger partial charge in [0.25, 0.3) is 0 Å². The highest BCUT2D eigenvalue weighted by molar-refractivity contribution is 6.00. The van der Waals surface area contributed by atoms with E-state index < -0.39 is 0 Å². The SMILES string of the molecule is CCCCNC(=O)CCN1CCC2(CC1)CCN(c1ccc(C3CC3)cc1)C2=O.CCNC(=O)CN1CCC2(CC1)CCN(c1ccc(C3CC3)cc1)C2=O. The Bertz CT molecular complexity index is 1640. The van der Waals surface area contributed by atoms with Crippen LogP contribution in [-0.4, -0.2) is 98.9 Å². The summed E-state index contributed by atoms with van der Waals surface area (Å²) in [4.78, 5) is 58.7. The van der Waals surface area contributed by atoms with Crippen molar-refractivity contribution >= 4 is 35.0 Å². The van der Waals surface area contributed by atoms with Gasteiger partial charge in [0.15, 0.2) is 0 Å². The van der Waals surface area contributed by atoms with Gasteiger partial charge in [-0.2, -0.15) is 0 Å². The van der Waals surface area contributed by atoms with Crippen molar-refractivity contribution in [3.05, 3.63) is 59.7 Å². The van der Waals surface area contributed by atoms with Crippen LogP contribution in [0.2, 0.25) is 0 Å². The number of rotatable bonds is 13. The highest BCUT2D eigenvalue weighted by atomic mass is 16.2. The molecule has 0 radical (unpaired) electrons. The van der Waals surface area contributed by atoms with Crippen LogP contribution in [0.1, 0.15) is 120 Å². The number of carbonyl (C=O) groups excluding carboxylic acids is 4. The van der Waals surface area contributed by atoms with E-state index in [4.69, 9.17) is 0 Å². The van der Waals surface area contributed by atoms with Crippen LogP contribution in [0.25, 0.3) is 0 Å². The lowest BCUT2D eigenvalue weighted by molar-refractivity contribution is -0.129. The lowest BCUT2D eigenvalue weighted by atomic mass is 9.77. The molecule has 10 nitrogen and oxygen atoms in total. The standard InChI is InChI=1S/C24H35N3O2.C21H29N3O2/c1-2-3-14-25-22(28)10-15-26-16-11-24(12-17-26)13-18-27(23(24)29)21-8-6-20(7-9-21)19-4-5-19;1-2-22-19(25)15-23-12-9-21(10-13-23)11-14-24(20(21)26)18-7-5-17(6-8-18)16-3-4-16/h6-9,19H,2-5,10-18H2,1H3,(H,25,28);5-8,16H,2-4,9-15H2,1H3,(H,22,25). The fraction of sp³-hybridized carbons (Fsp3) is 0.644. The number of benzene rings is 2. The predicted molar refractivity (Wildman–Crippen MR) is 218 cm³/mol. The zero-order chi connectivity index (χ0) is 38.4. The van der Waals surface area contributed by atoms with E-state index in [1.807, 2.05) is 16.7 Å². The van der Waals surface area contributed by atoms with Crippen LogP contribution >= 0.6 is 0 Å². The summed E-state index contributed by atoms with van der Waals surface area (Å²) in [7, 11) is 0. The van der Waals surface area contributed by atoms with Crippen LogP contribution in [0.4, 0.5) is 11.4 Å². The van der Waals surface area contributed by atoms with E-state index in [2.05, 4.69) is 75.9 Å². The fourth-order valence-corrected chi connectivity index (χ4v) is 9.30. The maximum Gasteiger partial charge on any atom is 0.234 e. The molecule has 2 aliphatic carbocycles. The molecule has 0 aromatic heterocycles. The van der Waals surface area contributed by atoms with Gasteiger partial charge in [0.05, 0.1) is 17.4 Å². The number of anilines is 2. The monoisotopic (exact) mass is 752 g/mol. The number of piperidine rings is 2. The number of unbranched alkanes of at least 4 members (excludes halogenated alkanes) is 1. The number of hydrogen-bond donors (Lipinski definition) is 2. The number of amides is 4. The molecule has 4 aliphatic heterocycles. The van der Waals surface area contributed by atoms with E-state index in [0.29, 0.717) is 25.4 Å². The van der Waals surface area contributed by atoms with Crippen molar-refractivity contribution in [3.63, 3.8) is 0 Å². The Balaban J connectivity index is 0.000000170. The van der Waals surface area contributed by atoms with Crippen LogP contribution < -0.4 is 20.4 Å². The minimum absolute atomic E-state index is 0.0820. The molecule has 2 saturated carbocycles. The summed E-state index contributed by atoms with van der Waals surface area (Å²) < 4.78 is 0. The highest BCUT2D eigenvalue weighted by Gasteiger charge is 2.49. The van der Waals surface area contributed by atoms with Crippen molar-refractivity contribution in [1.82, 2.24) is 20.4 Å². The lowest BCUT2D eigenvalue weighted by Crippen LogP contribution is -2.47. The quantitative estimate of drug-likeness (QED) is 0.236. The van der Waals surface area contributed by atoms with Gasteiger partial charge < -0.3 is 25.3 Å². The van der Waals surface area contributed by atoms with Crippen LogP contribution in [-0.2, 0) is 19.2 Å². The highest BCUT2D eigenvalue weighted by Crippen LogP contribution is 2.46. The van der Waals surface area contributed by atoms with E-state index in [1.165, 1.54) is 36.8 Å². The molecule has 55 heavy (non-hydrogen) atoms. The van der Waals surface area contributed by atoms with E-state index in [9.17, 15) is 19.2 Å². The normalized spacial score (nSPS) is 22.2. The van der Waals surface area contributed by atoms with Crippen molar-refractivity contribution in [1.29, 1.82) is 0 Å². The van der Waals surface area contributed by atoms with E-state index in [0.717, 1.165) is 127 Å². The van der Waals surface area contributed by atoms with Gasteiger partial charge in [0, 0.05) is 50.5 Å². The van der Waals surface area contributed by atoms with Gasteiger partial charge in [-0.15, -0.1) is 0 Å². The maximum absolute atomic E-state index is 13.3. The first-order valence-electron chi connectivity index (χ1n) is 21.5. The molecule has 2 aromatic rings. The van der Waals surface area contributed by atoms with Gasteiger partial charge in [-0.3, -0.25) is 24.1 Å². The number of nitrogens with one attached hydrogen (secondary N) is 2. The van der Waals surface area contributed by atoms with Crippen LogP contribution in [0, 0.1) is 10.8 Å². The summed E-state index contributed by atoms with van der Waals surface area (Å²) in [5, 5.41) is 5.84. The van der Waals surface area contributed by atoms with E-state index in [1.54, 1.807) is 0 Å². The third-order valence-electron chi connectivity index (χ3n) is 13.4. The van der Waals surface area contributed by atoms with Gasteiger partial charge in [0.2, 0.25) is 23.6 Å². The van der Waals surface area contributed by atoms with Gasteiger partial charge >= 0.3 is 0 Å². The van der Waals surface area contributed by atoms with Gasteiger partial charge in [0.1, 0.15) is 0 Å². The lowest BCUT2D eigenvalue weighted by Gasteiger charge is -2.37. The molecule has 8 rings (SSSR count). The molecule has 0 bridgehead atoms. The summed E-state index contributed by atoms with van der Waals surface area (Å²) in [5.74, 6) is 2.33. The van der Waals surface area contributed by atoms with Crippen molar-refractivity contribution in [2.75, 3.05) is 75.2 Å². The number of likely N-dealkylation sites (tertiary alicyclic amines) is 2. The fourth-order valence-electron chi connectivity index (χ4n) is 9.30. The molecule has 298 valence electrons. The Labute approximate surface area is 328 Å². The Kier molecular flexibility index (Phi) is 12.6. The minimum Gasteiger partial charge on any atom is -0.356 e. The molecule has 4 heterocycles. The van der Waals surface area contributed by atoms with Crippen LogP contribution in [0.3, 0.4) is 0 Å². The zero-order valence-electron chi connectivity index (χ0n) is 33.5. The Hall–Kier alpha value is -3.76. The van der Waals surface area contributed by atoms with Crippen molar-refractivity contribution in [2.24, 2.45) is 10.8 Å². The molecule has 4 amide bonds.